The van der Waals surface area contributed by atoms with Gasteiger partial charge in [-0.2, -0.15) is 0 Å². The summed E-state index contributed by atoms with van der Waals surface area (Å²) in [4.78, 5) is 0. The molecule has 0 aromatic carbocycles. The SMILES string of the molecule is CCCCCCCOCCOCCOCCOCCOCCOCCOCCOCCO[Si](C)(C)C. The average Bonchev–Trinajstić information content (AvgIpc) is 2.84. The molecule has 0 aromatic rings. The van der Waals surface area contributed by atoms with Crippen LogP contribution in [0.1, 0.15) is 39.0 Å². The van der Waals surface area contributed by atoms with E-state index in [1.807, 2.05) is 0 Å². The van der Waals surface area contributed by atoms with Gasteiger partial charge < -0.3 is 42.3 Å². The molecule has 0 fully saturated rings. The van der Waals surface area contributed by atoms with Crippen LogP contribution in [0.3, 0.4) is 0 Å². The Balaban J connectivity index is 3.03. The number of ether oxygens (including phenoxy) is 8. The summed E-state index contributed by atoms with van der Waals surface area (Å²) in [6.45, 7) is 18.8. The molecule has 0 aliphatic carbocycles. The number of hydrogen-bond donors (Lipinski definition) is 0. The fourth-order valence-corrected chi connectivity index (χ4v) is 3.55. The van der Waals surface area contributed by atoms with E-state index in [4.69, 9.17) is 42.3 Å². The van der Waals surface area contributed by atoms with Crippen molar-refractivity contribution < 1.29 is 42.3 Å². The molecule has 218 valence electrons. The van der Waals surface area contributed by atoms with E-state index in [2.05, 4.69) is 26.6 Å². The largest absolute Gasteiger partial charge is 0.415 e. The fourth-order valence-electron chi connectivity index (χ4n) is 2.86. The topological polar surface area (TPSA) is 83.1 Å². The highest BCUT2D eigenvalue weighted by molar-refractivity contribution is 6.69. The Morgan fingerprint density at radius 1 is 0.333 bits per heavy atom. The molecule has 0 radical (unpaired) electrons. The second kappa shape index (κ2) is 29.4. The van der Waals surface area contributed by atoms with Gasteiger partial charge in [0.1, 0.15) is 0 Å². The average molecular weight is 541 g/mol. The summed E-state index contributed by atoms with van der Waals surface area (Å²) in [7, 11) is -1.44. The van der Waals surface area contributed by atoms with Crippen LogP contribution in [0.25, 0.3) is 0 Å². The standard InChI is InChI=1S/C26H56O9Si/c1-5-6-7-8-9-10-27-11-12-28-13-14-29-15-16-30-17-18-31-19-20-32-21-22-33-23-24-34-25-26-35-36(2,3)4/h5-26H2,1-4H3. The zero-order chi connectivity index (χ0) is 26.4. The Morgan fingerprint density at radius 3 is 0.917 bits per heavy atom. The van der Waals surface area contributed by atoms with Crippen molar-refractivity contribution in [2.75, 3.05) is 112 Å². The first-order chi connectivity index (χ1) is 17.6. The lowest BCUT2D eigenvalue weighted by Gasteiger charge is -2.16. The first kappa shape index (κ1) is 35.9. The minimum Gasteiger partial charge on any atom is -0.415 e. The molecule has 0 unspecified atom stereocenters. The lowest BCUT2D eigenvalue weighted by molar-refractivity contribution is -0.0237. The first-order valence-corrected chi connectivity index (χ1v) is 17.2. The molecule has 10 heteroatoms. The van der Waals surface area contributed by atoms with Crippen molar-refractivity contribution in [2.45, 2.75) is 58.7 Å². The molecule has 0 N–H and O–H groups in total. The van der Waals surface area contributed by atoms with E-state index in [1.165, 1.54) is 25.7 Å². The normalized spacial score (nSPS) is 12.0. The van der Waals surface area contributed by atoms with Gasteiger partial charge >= 0.3 is 0 Å². The molecule has 36 heavy (non-hydrogen) atoms. The van der Waals surface area contributed by atoms with Gasteiger partial charge in [0, 0.05) is 6.61 Å². The van der Waals surface area contributed by atoms with Gasteiger partial charge in [0.05, 0.1) is 106 Å². The van der Waals surface area contributed by atoms with Crippen molar-refractivity contribution in [3.05, 3.63) is 0 Å². The van der Waals surface area contributed by atoms with Crippen molar-refractivity contribution in [2.24, 2.45) is 0 Å². The predicted octanol–water partition coefficient (Wildman–Crippen LogP) is 3.94. The van der Waals surface area contributed by atoms with Crippen molar-refractivity contribution in [1.82, 2.24) is 0 Å². The summed E-state index contributed by atoms with van der Waals surface area (Å²) in [6.07, 6.45) is 6.31. The molecule has 0 spiro atoms. The summed E-state index contributed by atoms with van der Waals surface area (Å²) in [5.74, 6) is 0. The maximum atomic E-state index is 5.71. The van der Waals surface area contributed by atoms with Gasteiger partial charge in [-0.1, -0.05) is 32.6 Å². The minimum absolute atomic E-state index is 0.542. The van der Waals surface area contributed by atoms with Crippen molar-refractivity contribution in [1.29, 1.82) is 0 Å². The van der Waals surface area contributed by atoms with Crippen molar-refractivity contribution >= 4 is 8.32 Å². The highest BCUT2D eigenvalue weighted by Gasteiger charge is 2.13. The lowest BCUT2D eigenvalue weighted by atomic mass is 10.2. The van der Waals surface area contributed by atoms with Gasteiger partial charge in [0.15, 0.2) is 8.32 Å². The molecule has 9 nitrogen and oxygen atoms in total. The van der Waals surface area contributed by atoms with Crippen LogP contribution in [0.15, 0.2) is 0 Å². The molecule has 0 aliphatic heterocycles. The smallest absolute Gasteiger partial charge is 0.183 e. The second-order valence-electron chi connectivity index (χ2n) is 9.27. The predicted molar refractivity (Wildman–Crippen MR) is 145 cm³/mol. The Bertz CT molecular complexity index is 411. The van der Waals surface area contributed by atoms with Gasteiger partial charge in [-0.05, 0) is 26.1 Å². The molecular weight excluding hydrogens is 484 g/mol. The van der Waals surface area contributed by atoms with Gasteiger partial charge in [-0.15, -0.1) is 0 Å². The Labute approximate surface area is 221 Å². The van der Waals surface area contributed by atoms with Crippen LogP contribution in [0, 0.1) is 0 Å². The third-order valence-corrected chi connectivity index (χ3v) is 5.83. The Kier molecular flexibility index (Phi) is 29.3. The quantitative estimate of drug-likeness (QED) is 0.0959. The second-order valence-corrected chi connectivity index (χ2v) is 13.8. The number of rotatable bonds is 31. The third-order valence-electron chi connectivity index (χ3n) is 4.76. The molecule has 0 bridgehead atoms. The number of unbranched alkanes of at least 4 members (excludes halogenated alkanes) is 4. The highest BCUT2D eigenvalue weighted by Crippen LogP contribution is 2.02. The van der Waals surface area contributed by atoms with Crippen LogP contribution >= 0.6 is 0 Å². The Morgan fingerprint density at radius 2 is 0.611 bits per heavy atom. The molecule has 0 aromatic heterocycles. The first-order valence-electron chi connectivity index (χ1n) is 13.8. The van der Waals surface area contributed by atoms with Crippen molar-refractivity contribution in [3.8, 4) is 0 Å². The lowest BCUT2D eigenvalue weighted by Crippen LogP contribution is -2.27. The van der Waals surface area contributed by atoms with E-state index in [9.17, 15) is 0 Å². The van der Waals surface area contributed by atoms with Gasteiger partial charge in [0.2, 0.25) is 0 Å². The monoisotopic (exact) mass is 540 g/mol. The number of hydrogen-bond acceptors (Lipinski definition) is 9. The van der Waals surface area contributed by atoms with E-state index < -0.39 is 8.32 Å². The van der Waals surface area contributed by atoms with Crippen LogP contribution < -0.4 is 0 Å². The van der Waals surface area contributed by atoms with Gasteiger partial charge in [-0.3, -0.25) is 0 Å². The van der Waals surface area contributed by atoms with E-state index in [0.29, 0.717) is 106 Å². The van der Waals surface area contributed by atoms with Crippen LogP contribution in [-0.2, 0) is 42.3 Å². The van der Waals surface area contributed by atoms with E-state index >= 15 is 0 Å². The summed E-state index contributed by atoms with van der Waals surface area (Å²) in [5, 5.41) is 0. The molecule has 0 aliphatic rings. The molecule has 0 saturated carbocycles. The Hall–Kier alpha value is -0.143. The summed E-state index contributed by atoms with van der Waals surface area (Å²) < 4.78 is 49.6. The third kappa shape index (κ3) is 33.9. The molecule has 0 atom stereocenters. The van der Waals surface area contributed by atoms with Crippen LogP contribution in [-0.4, -0.2) is 121 Å². The molecule has 0 heterocycles. The summed E-state index contributed by atoms with van der Waals surface area (Å²) >= 11 is 0. The fraction of sp³-hybridized carbons (Fsp3) is 1.00. The van der Waals surface area contributed by atoms with Gasteiger partial charge in [0.25, 0.3) is 0 Å². The molecule has 0 saturated heterocycles. The van der Waals surface area contributed by atoms with Crippen LogP contribution in [0.4, 0.5) is 0 Å². The van der Waals surface area contributed by atoms with Crippen LogP contribution in [0.2, 0.25) is 19.6 Å². The van der Waals surface area contributed by atoms with Crippen LogP contribution in [0.5, 0.6) is 0 Å². The summed E-state index contributed by atoms with van der Waals surface area (Å²) in [5.41, 5.74) is 0. The molecular formula is C26H56O9Si. The maximum Gasteiger partial charge on any atom is 0.183 e. The van der Waals surface area contributed by atoms with Crippen molar-refractivity contribution in [3.63, 3.8) is 0 Å². The van der Waals surface area contributed by atoms with E-state index in [-0.39, 0.29) is 0 Å². The zero-order valence-electron chi connectivity index (χ0n) is 23.7. The van der Waals surface area contributed by atoms with E-state index in [0.717, 1.165) is 13.0 Å². The van der Waals surface area contributed by atoms with E-state index in [1.54, 1.807) is 0 Å². The molecule has 0 amide bonds. The molecule has 0 rings (SSSR count). The maximum absolute atomic E-state index is 5.71. The van der Waals surface area contributed by atoms with Gasteiger partial charge in [-0.25, -0.2) is 0 Å². The summed E-state index contributed by atoms with van der Waals surface area (Å²) in [6, 6.07) is 0. The highest BCUT2D eigenvalue weighted by atomic mass is 28.4. The minimum atomic E-state index is -1.44. The zero-order valence-corrected chi connectivity index (χ0v) is 24.7.